The van der Waals surface area contributed by atoms with E-state index in [1.54, 1.807) is 0 Å². The summed E-state index contributed by atoms with van der Waals surface area (Å²) >= 11 is 1.49. The lowest BCUT2D eigenvalue weighted by Crippen LogP contribution is -1.90. The average molecular weight is 167 g/mol. The van der Waals surface area contributed by atoms with Crippen molar-refractivity contribution in [3.63, 3.8) is 0 Å². The molecule has 1 aliphatic carbocycles. The molecule has 2 rings (SSSR count). The van der Waals surface area contributed by atoms with Crippen LogP contribution in [0.4, 0.5) is 5.13 Å². The zero-order chi connectivity index (χ0) is 7.84. The van der Waals surface area contributed by atoms with Gasteiger partial charge in [-0.2, -0.15) is 0 Å². The molecule has 1 radical (unpaired) electrons. The summed E-state index contributed by atoms with van der Waals surface area (Å²) in [5.41, 5.74) is 6.66. The quantitative estimate of drug-likeness (QED) is 0.730. The van der Waals surface area contributed by atoms with E-state index in [2.05, 4.69) is 11.9 Å². The first-order chi connectivity index (χ1) is 5.25. The summed E-state index contributed by atoms with van der Waals surface area (Å²) in [6.07, 6.45) is 3.81. The molecule has 1 aromatic rings. The molecule has 1 aliphatic rings. The molecule has 0 unspecified atom stereocenters. The van der Waals surface area contributed by atoms with E-state index in [4.69, 9.17) is 5.73 Å². The molecule has 0 saturated heterocycles. The van der Waals surface area contributed by atoms with Gasteiger partial charge in [-0.05, 0) is 32.1 Å². The van der Waals surface area contributed by atoms with Crippen LogP contribution in [0.5, 0.6) is 0 Å². The minimum absolute atomic E-state index is 0.658. The largest absolute Gasteiger partial charge is 0.375 e. The number of nitrogen functional groups attached to an aromatic ring is 1. The third-order valence-corrected chi connectivity index (χ3v) is 2.76. The highest BCUT2D eigenvalue weighted by Gasteiger charge is 2.23. The van der Waals surface area contributed by atoms with E-state index in [0.717, 1.165) is 22.9 Å². The number of hydrogen-bond donors (Lipinski definition) is 1. The lowest BCUT2D eigenvalue weighted by Gasteiger charge is -1.92. The molecule has 1 saturated carbocycles. The van der Waals surface area contributed by atoms with Crippen LogP contribution >= 0.6 is 11.3 Å². The van der Waals surface area contributed by atoms with Crippen LogP contribution in [0, 0.1) is 12.8 Å². The average Bonchev–Trinajstić information content (AvgIpc) is 2.64. The number of nitrogens with zero attached hydrogens (tertiary/aromatic N) is 1. The normalized spacial score (nSPS) is 17.2. The first kappa shape index (κ1) is 7.10. The predicted octanol–water partition coefficient (Wildman–Crippen LogP) is 1.86. The van der Waals surface area contributed by atoms with Crippen LogP contribution in [0.2, 0.25) is 0 Å². The lowest BCUT2D eigenvalue weighted by atomic mass is 10.2. The highest BCUT2D eigenvalue weighted by molar-refractivity contribution is 7.15. The fourth-order valence-corrected chi connectivity index (χ4v) is 1.81. The molecule has 1 fully saturated rings. The van der Waals surface area contributed by atoms with E-state index in [0.29, 0.717) is 5.13 Å². The Kier molecular flexibility index (Phi) is 1.60. The molecule has 1 heterocycles. The second-order valence-electron chi connectivity index (χ2n) is 3.07. The number of aromatic nitrogens is 1. The predicted molar refractivity (Wildman–Crippen MR) is 47.4 cm³/mol. The van der Waals surface area contributed by atoms with Crippen molar-refractivity contribution in [2.45, 2.75) is 19.3 Å². The molecule has 0 atom stereocenters. The van der Waals surface area contributed by atoms with Gasteiger partial charge in [0.25, 0.3) is 0 Å². The number of nitrogens with two attached hydrogens (primary N) is 1. The summed E-state index contributed by atoms with van der Waals surface area (Å²) in [6, 6.07) is 0. The van der Waals surface area contributed by atoms with E-state index in [-0.39, 0.29) is 0 Å². The summed E-state index contributed by atoms with van der Waals surface area (Å²) in [7, 11) is 0. The van der Waals surface area contributed by atoms with Gasteiger partial charge >= 0.3 is 0 Å². The van der Waals surface area contributed by atoms with Crippen LogP contribution in [0.3, 0.4) is 0 Å². The SMILES string of the molecule is [CH2]c1sc(N)nc1CC1CC1. The Morgan fingerprint density at radius 2 is 2.36 bits per heavy atom. The van der Waals surface area contributed by atoms with Crippen molar-refractivity contribution in [1.29, 1.82) is 0 Å². The van der Waals surface area contributed by atoms with Crippen LogP contribution in [-0.4, -0.2) is 4.98 Å². The maximum atomic E-state index is 5.54. The topological polar surface area (TPSA) is 38.9 Å². The van der Waals surface area contributed by atoms with Crippen molar-refractivity contribution in [2.24, 2.45) is 5.92 Å². The van der Waals surface area contributed by atoms with Crippen molar-refractivity contribution in [1.82, 2.24) is 4.98 Å². The highest BCUT2D eigenvalue weighted by Crippen LogP contribution is 2.34. The molecule has 1 aromatic heterocycles. The Morgan fingerprint density at radius 3 is 2.82 bits per heavy atom. The Hall–Kier alpha value is -0.570. The van der Waals surface area contributed by atoms with Gasteiger partial charge in [0.15, 0.2) is 5.13 Å². The molecule has 0 amide bonds. The summed E-state index contributed by atoms with van der Waals surface area (Å²) < 4.78 is 0. The fourth-order valence-electron chi connectivity index (χ4n) is 1.16. The maximum absolute atomic E-state index is 5.54. The molecule has 59 valence electrons. The number of anilines is 1. The Labute approximate surface area is 70.5 Å². The minimum atomic E-state index is 0.658. The fraction of sp³-hybridized carbons (Fsp3) is 0.500. The molecule has 2 nitrogen and oxygen atoms in total. The summed E-state index contributed by atoms with van der Waals surface area (Å²) in [5, 5.41) is 0.658. The highest BCUT2D eigenvalue weighted by atomic mass is 32.1. The van der Waals surface area contributed by atoms with E-state index in [1.165, 1.54) is 24.2 Å². The van der Waals surface area contributed by atoms with E-state index >= 15 is 0 Å². The van der Waals surface area contributed by atoms with Crippen molar-refractivity contribution < 1.29 is 0 Å². The van der Waals surface area contributed by atoms with Gasteiger partial charge in [0.05, 0.1) is 5.69 Å². The van der Waals surface area contributed by atoms with Gasteiger partial charge in [0.1, 0.15) is 0 Å². The van der Waals surface area contributed by atoms with Crippen LogP contribution in [-0.2, 0) is 6.42 Å². The van der Waals surface area contributed by atoms with Gasteiger partial charge in [-0.1, -0.05) is 0 Å². The van der Waals surface area contributed by atoms with E-state index in [1.807, 2.05) is 0 Å². The molecule has 0 bridgehead atoms. The number of rotatable bonds is 2. The minimum Gasteiger partial charge on any atom is -0.375 e. The third kappa shape index (κ3) is 1.53. The summed E-state index contributed by atoms with van der Waals surface area (Å²) in [4.78, 5) is 5.27. The first-order valence-corrected chi connectivity index (χ1v) is 4.64. The van der Waals surface area contributed by atoms with Gasteiger partial charge in [-0.3, -0.25) is 0 Å². The standard InChI is InChI=1S/C8H11N2S/c1-5-7(4-6-2-3-6)10-8(9)11-5/h6H,1-4H2,(H2,9,10). The Balaban J connectivity index is 2.14. The number of hydrogen-bond acceptors (Lipinski definition) is 3. The van der Waals surface area contributed by atoms with Crippen molar-refractivity contribution in [2.75, 3.05) is 5.73 Å². The smallest absolute Gasteiger partial charge is 0.180 e. The molecular formula is C8H11N2S. The zero-order valence-corrected chi connectivity index (χ0v) is 7.16. The van der Waals surface area contributed by atoms with Gasteiger partial charge in [-0.15, -0.1) is 11.3 Å². The van der Waals surface area contributed by atoms with E-state index in [9.17, 15) is 0 Å². The number of thiazole rings is 1. The van der Waals surface area contributed by atoms with Gasteiger partial charge in [-0.25, -0.2) is 4.98 Å². The van der Waals surface area contributed by atoms with Crippen molar-refractivity contribution >= 4 is 16.5 Å². The van der Waals surface area contributed by atoms with Gasteiger partial charge in [0, 0.05) is 4.88 Å². The Bertz CT molecular complexity index is 263. The van der Waals surface area contributed by atoms with Crippen LogP contribution in [0.25, 0.3) is 0 Å². The summed E-state index contributed by atoms with van der Waals surface area (Å²) in [6.45, 7) is 3.90. The molecule has 0 aromatic carbocycles. The molecule has 2 N–H and O–H groups in total. The van der Waals surface area contributed by atoms with Gasteiger partial charge in [0.2, 0.25) is 0 Å². The second-order valence-corrected chi connectivity index (χ2v) is 4.18. The van der Waals surface area contributed by atoms with E-state index < -0.39 is 0 Å². The van der Waals surface area contributed by atoms with Crippen LogP contribution in [0.15, 0.2) is 0 Å². The van der Waals surface area contributed by atoms with Crippen LogP contribution < -0.4 is 5.73 Å². The molecular weight excluding hydrogens is 156 g/mol. The third-order valence-electron chi connectivity index (χ3n) is 1.97. The monoisotopic (exact) mass is 167 g/mol. The molecule has 0 aliphatic heterocycles. The Morgan fingerprint density at radius 1 is 1.64 bits per heavy atom. The zero-order valence-electron chi connectivity index (χ0n) is 6.34. The maximum Gasteiger partial charge on any atom is 0.180 e. The van der Waals surface area contributed by atoms with Gasteiger partial charge < -0.3 is 5.73 Å². The molecule has 0 spiro atoms. The lowest BCUT2D eigenvalue weighted by molar-refractivity contribution is 0.809. The van der Waals surface area contributed by atoms with Crippen molar-refractivity contribution in [3.8, 4) is 0 Å². The molecule has 3 heteroatoms. The van der Waals surface area contributed by atoms with Crippen molar-refractivity contribution in [3.05, 3.63) is 17.5 Å². The van der Waals surface area contributed by atoms with Crippen LogP contribution in [0.1, 0.15) is 23.4 Å². The second kappa shape index (κ2) is 2.48. The first-order valence-electron chi connectivity index (χ1n) is 3.83. The summed E-state index contributed by atoms with van der Waals surface area (Å²) in [5.74, 6) is 0.872. The molecule has 11 heavy (non-hydrogen) atoms.